The Hall–Kier alpha value is -2.39. The summed E-state index contributed by atoms with van der Waals surface area (Å²) in [7, 11) is 0. The lowest BCUT2D eigenvalue weighted by molar-refractivity contribution is -0.128. The SMILES string of the molecule is CC1CCc2c(nc(CN3C(=O)C4(CN(C(=O)OC(C)C)C4)c4cc(Br)ccc43)n2CCCCO)C1. The van der Waals surface area contributed by atoms with Gasteiger partial charge in [-0.05, 0) is 75.6 Å². The fourth-order valence-electron chi connectivity index (χ4n) is 5.84. The Morgan fingerprint density at radius 2 is 2.08 bits per heavy atom. The van der Waals surface area contributed by atoms with Crippen LogP contribution in [0, 0.1) is 5.92 Å². The predicted octanol–water partition coefficient (Wildman–Crippen LogP) is 4.19. The van der Waals surface area contributed by atoms with E-state index in [9.17, 15) is 14.7 Å². The summed E-state index contributed by atoms with van der Waals surface area (Å²) < 4.78 is 8.57. The van der Waals surface area contributed by atoms with E-state index < -0.39 is 5.41 Å². The molecule has 1 unspecified atom stereocenters. The number of likely N-dealkylation sites (tertiary alicyclic amines) is 1. The average Bonchev–Trinajstić information content (AvgIpc) is 3.24. The lowest BCUT2D eigenvalue weighted by atomic mass is 9.75. The van der Waals surface area contributed by atoms with Gasteiger partial charge in [-0.25, -0.2) is 9.78 Å². The molecule has 5 rings (SSSR count). The van der Waals surface area contributed by atoms with Gasteiger partial charge < -0.3 is 24.2 Å². The van der Waals surface area contributed by atoms with Crippen LogP contribution in [0.15, 0.2) is 22.7 Å². The van der Waals surface area contributed by atoms with Crippen LogP contribution < -0.4 is 4.90 Å². The molecule has 9 heteroatoms. The van der Waals surface area contributed by atoms with Gasteiger partial charge in [0.25, 0.3) is 0 Å². The Labute approximate surface area is 220 Å². The number of rotatable bonds is 7. The number of unbranched alkanes of at least 4 members (excludes halogenated alkanes) is 1. The second-order valence-electron chi connectivity index (χ2n) is 10.8. The van der Waals surface area contributed by atoms with Crippen molar-refractivity contribution in [3.8, 4) is 0 Å². The number of anilines is 1. The van der Waals surface area contributed by atoms with Gasteiger partial charge in [-0.1, -0.05) is 22.9 Å². The maximum Gasteiger partial charge on any atom is 0.410 e. The number of amides is 2. The minimum absolute atomic E-state index is 0.0143. The predicted molar refractivity (Wildman–Crippen MR) is 140 cm³/mol. The minimum Gasteiger partial charge on any atom is -0.447 e. The van der Waals surface area contributed by atoms with Crippen LogP contribution in [0.4, 0.5) is 10.5 Å². The smallest absolute Gasteiger partial charge is 0.410 e. The number of nitrogens with zero attached hydrogens (tertiary/aromatic N) is 4. The number of carbonyl (C=O) groups excluding carboxylic acids is 2. The van der Waals surface area contributed by atoms with Crippen molar-refractivity contribution in [2.45, 2.75) is 77.5 Å². The van der Waals surface area contributed by atoms with E-state index >= 15 is 0 Å². The molecule has 1 aromatic carbocycles. The molecule has 2 amide bonds. The normalized spacial score (nSPS) is 20.1. The zero-order chi connectivity index (χ0) is 25.6. The van der Waals surface area contributed by atoms with Crippen LogP contribution in [0.2, 0.25) is 0 Å². The topological polar surface area (TPSA) is 87.9 Å². The number of aliphatic hydroxyl groups is 1. The largest absolute Gasteiger partial charge is 0.447 e. The van der Waals surface area contributed by atoms with Crippen molar-refractivity contribution in [3.05, 3.63) is 45.4 Å². The lowest BCUT2D eigenvalue weighted by Gasteiger charge is -2.46. The van der Waals surface area contributed by atoms with Crippen molar-refractivity contribution in [3.63, 3.8) is 0 Å². The first-order chi connectivity index (χ1) is 17.2. The van der Waals surface area contributed by atoms with Gasteiger partial charge in [0.2, 0.25) is 5.91 Å². The third-order valence-electron chi connectivity index (χ3n) is 7.68. The molecule has 2 aromatic rings. The molecule has 36 heavy (non-hydrogen) atoms. The summed E-state index contributed by atoms with van der Waals surface area (Å²) in [6.45, 7) is 7.91. The van der Waals surface area contributed by atoms with Gasteiger partial charge in [-0.15, -0.1) is 0 Å². The zero-order valence-corrected chi connectivity index (χ0v) is 22.9. The van der Waals surface area contributed by atoms with E-state index in [2.05, 4.69) is 27.4 Å². The monoisotopic (exact) mass is 558 g/mol. The Bertz CT molecular complexity index is 1170. The first kappa shape index (κ1) is 25.3. The summed E-state index contributed by atoms with van der Waals surface area (Å²) in [6.07, 6.45) is 4.14. The summed E-state index contributed by atoms with van der Waals surface area (Å²) >= 11 is 3.57. The molecule has 3 heterocycles. The molecule has 1 N–H and O–H groups in total. The third kappa shape index (κ3) is 4.34. The number of aromatic nitrogens is 2. The molecular weight excluding hydrogens is 524 g/mol. The fourth-order valence-corrected chi connectivity index (χ4v) is 6.20. The van der Waals surface area contributed by atoms with Crippen LogP contribution in [0.1, 0.15) is 62.8 Å². The molecule has 0 saturated carbocycles. The van der Waals surface area contributed by atoms with Crippen LogP contribution in [0.5, 0.6) is 0 Å². The second kappa shape index (κ2) is 9.82. The van der Waals surface area contributed by atoms with Crippen LogP contribution in [0.25, 0.3) is 0 Å². The van der Waals surface area contributed by atoms with E-state index in [0.29, 0.717) is 25.6 Å². The maximum absolute atomic E-state index is 14.0. The number of hydrogen-bond donors (Lipinski definition) is 1. The molecule has 3 aliphatic rings. The highest BCUT2D eigenvalue weighted by Crippen LogP contribution is 2.49. The summed E-state index contributed by atoms with van der Waals surface area (Å²) in [5.41, 5.74) is 3.52. The molecule has 0 radical (unpaired) electrons. The highest BCUT2D eigenvalue weighted by Gasteiger charge is 2.59. The van der Waals surface area contributed by atoms with Crippen LogP contribution in [-0.2, 0) is 40.9 Å². The summed E-state index contributed by atoms with van der Waals surface area (Å²) in [5.74, 6) is 1.52. The van der Waals surface area contributed by atoms with Crippen molar-refractivity contribution in [1.29, 1.82) is 0 Å². The van der Waals surface area contributed by atoms with Gasteiger partial charge in [0, 0.05) is 42.1 Å². The zero-order valence-electron chi connectivity index (χ0n) is 21.3. The van der Waals surface area contributed by atoms with Crippen molar-refractivity contribution in [2.75, 3.05) is 24.6 Å². The van der Waals surface area contributed by atoms with Crippen molar-refractivity contribution < 1.29 is 19.4 Å². The molecular formula is C27H35BrN4O4. The van der Waals surface area contributed by atoms with Crippen molar-refractivity contribution >= 4 is 33.6 Å². The van der Waals surface area contributed by atoms with E-state index in [1.54, 1.807) is 4.90 Å². The summed E-state index contributed by atoms with van der Waals surface area (Å²) in [6, 6.07) is 5.96. The van der Waals surface area contributed by atoms with Gasteiger partial charge >= 0.3 is 6.09 Å². The molecule has 1 aliphatic carbocycles. The average molecular weight is 560 g/mol. The number of fused-ring (bicyclic) bond motifs is 3. The number of aliphatic hydroxyl groups excluding tert-OH is 1. The minimum atomic E-state index is -0.752. The standard InChI is InChI=1S/C27H35BrN4O4/c1-17(2)36-26(35)30-15-27(16-30)20-13-19(28)7-9-22(20)32(25(27)34)14-24-29-21-12-18(3)6-8-23(21)31(24)10-4-5-11-33/h7,9,13,17-18,33H,4-6,8,10-12,14-16H2,1-3H3. The molecule has 1 atom stereocenters. The third-order valence-corrected chi connectivity index (χ3v) is 8.17. The Morgan fingerprint density at radius 1 is 1.31 bits per heavy atom. The maximum atomic E-state index is 14.0. The molecule has 1 fully saturated rings. The first-order valence-corrected chi connectivity index (χ1v) is 13.8. The fraction of sp³-hybridized carbons (Fsp3) is 0.593. The van der Waals surface area contributed by atoms with Crippen molar-refractivity contribution in [1.82, 2.24) is 14.5 Å². The Balaban J connectivity index is 1.45. The number of carbonyl (C=O) groups is 2. The molecule has 1 saturated heterocycles. The van der Waals surface area contributed by atoms with Gasteiger partial charge in [-0.3, -0.25) is 4.79 Å². The number of halogens is 1. The van der Waals surface area contributed by atoms with E-state index in [0.717, 1.165) is 65.9 Å². The Morgan fingerprint density at radius 3 is 2.81 bits per heavy atom. The van der Waals surface area contributed by atoms with Gasteiger partial charge in [0.05, 0.1) is 18.3 Å². The van der Waals surface area contributed by atoms with Crippen LogP contribution >= 0.6 is 15.9 Å². The summed E-state index contributed by atoms with van der Waals surface area (Å²) in [5, 5.41) is 9.31. The number of benzene rings is 1. The molecule has 2 aliphatic heterocycles. The van der Waals surface area contributed by atoms with Gasteiger partial charge in [0.15, 0.2) is 0 Å². The van der Waals surface area contributed by atoms with E-state index in [1.165, 1.54) is 5.69 Å². The first-order valence-electron chi connectivity index (χ1n) is 13.0. The molecule has 8 nitrogen and oxygen atoms in total. The van der Waals surface area contributed by atoms with E-state index in [1.807, 2.05) is 36.9 Å². The molecule has 1 aromatic heterocycles. The van der Waals surface area contributed by atoms with Crippen LogP contribution in [-0.4, -0.2) is 57.4 Å². The van der Waals surface area contributed by atoms with Gasteiger partial charge in [-0.2, -0.15) is 0 Å². The van der Waals surface area contributed by atoms with E-state index in [-0.39, 0.29) is 24.7 Å². The van der Waals surface area contributed by atoms with E-state index in [4.69, 9.17) is 9.72 Å². The summed E-state index contributed by atoms with van der Waals surface area (Å²) in [4.78, 5) is 35.0. The highest BCUT2D eigenvalue weighted by molar-refractivity contribution is 9.10. The number of ether oxygens (including phenoxy) is 1. The van der Waals surface area contributed by atoms with Crippen LogP contribution in [0.3, 0.4) is 0 Å². The van der Waals surface area contributed by atoms with Gasteiger partial charge in [0.1, 0.15) is 11.2 Å². The quantitative estimate of drug-likeness (QED) is 0.515. The molecule has 1 spiro atoms. The number of imidazole rings is 1. The second-order valence-corrected chi connectivity index (χ2v) is 11.7. The molecule has 194 valence electrons. The Kier molecular flexibility index (Phi) is 6.89. The molecule has 0 bridgehead atoms. The van der Waals surface area contributed by atoms with Crippen molar-refractivity contribution in [2.24, 2.45) is 5.92 Å². The number of hydrogen-bond acceptors (Lipinski definition) is 5. The lowest BCUT2D eigenvalue weighted by Crippen LogP contribution is -2.65. The highest BCUT2D eigenvalue weighted by atomic mass is 79.9.